The van der Waals surface area contributed by atoms with Crippen LogP contribution in [0.5, 0.6) is 0 Å². The molecule has 0 unspecified atom stereocenters. The van der Waals surface area contributed by atoms with Crippen molar-refractivity contribution in [3.05, 3.63) is 29.3 Å². The fraction of sp³-hybridized carbons (Fsp3) is 0.562. The Morgan fingerprint density at radius 2 is 1.90 bits per heavy atom. The lowest BCUT2D eigenvalue weighted by Crippen LogP contribution is -2.49. The molecule has 1 saturated heterocycles. The smallest absolute Gasteiger partial charge is 0.231 e. The summed E-state index contributed by atoms with van der Waals surface area (Å²) in [5.74, 6) is 0.283. The molecule has 0 bridgehead atoms. The zero-order chi connectivity index (χ0) is 14.7. The summed E-state index contributed by atoms with van der Waals surface area (Å²) in [6.07, 6.45) is 0. The van der Waals surface area contributed by atoms with Crippen LogP contribution in [0.3, 0.4) is 0 Å². The largest absolute Gasteiger partial charge is 0.369 e. The van der Waals surface area contributed by atoms with Crippen molar-refractivity contribution in [2.75, 3.05) is 37.6 Å². The number of nitrogens with zero attached hydrogens (tertiary/aromatic N) is 2. The molecule has 2 rings (SSSR count). The van der Waals surface area contributed by atoms with Crippen molar-refractivity contribution < 1.29 is 4.79 Å². The van der Waals surface area contributed by atoms with E-state index < -0.39 is 0 Å². The molecule has 1 aromatic carbocycles. The van der Waals surface area contributed by atoms with Crippen molar-refractivity contribution in [1.29, 1.82) is 0 Å². The van der Waals surface area contributed by atoms with Crippen molar-refractivity contribution >= 4 is 11.6 Å². The third-order valence-corrected chi connectivity index (χ3v) is 3.96. The Labute approximate surface area is 121 Å². The van der Waals surface area contributed by atoms with Gasteiger partial charge in [-0.25, -0.2) is 0 Å². The van der Waals surface area contributed by atoms with Crippen LogP contribution >= 0.6 is 0 Å². The molecule has 0 atom stereocenters. The number of primary amides is 1. The summed E-state index contributed by atoms with van der Waals surface area (Å²) in [4.78, 5) is 15.6. The van der Waals surface area contributed by atoms with E-state index in [9.17, 15) is 4.79 Å². The predicted molar refractivity (Wildman–Crippen MR) is 83.1 cm³/mol. The van der Waals surface area contributed by atoms with Gasteiger partial charge in [-0.1, -0.05) is 32.0 Å². The summed E-state index contributed by atoms with van der Waals surface area (Å²) < 4.78 is 0. The van der Waals surface area contributed by atoms with Gasteiger partial charge in [0.2, 0.25) is 5.91 Å². The van der Waals surface area contributed by atoms with E-state index >= 15 is 0 Å². The Morgan fingerprint density at radius 1 is 1.25 bits per heavy atom. The molecule has 1 aliphatic heterocycles. The summed E-state index contributed by atoms with van der Waals surface area (Å²) in [5.41, 5.74) is 9.38. The summed E-state index contributed by atoms with van der Waals surface area (Å²) in [7, 11) is 0. The zero-order valence-corrected chi connectivity index (χ0v) is 12.7. The van der Waals surface area contributed by atoms with Crippen LogP contribution in [0.25, 0.3) is 0 Å². The van der Waals surface area contributed by atoms with Gasteiger partial charge in [-0.05, 0) is 24.0 Å². The van der Waals surface area contributed by atoms with Crippen molar-refractivity contribution in [3.8, 4) is 0 Å². The Bertz CT molecular complexity index is 477. The lowest BCUT2D eigenvalue weighted by Gasteiger charge is -2.37. The number of benzene rings is 1. The minimum atomic E-state index is -0.239. The molecule has 2 N–H and O–H groups in total. The first-order chi connectivity index (χ1) is 9.49. The van der Waals surface area contributed by atoms with E-state index in [4.69, 9.17) is 5.73 Å². The van der Waals surface area contributed by atoms with Gasteiger partial charge in [0.1, 0.15) is 0 Å². The number of amides is 1. The Balaban J connectivity index is 2.12. The summed E-state index contributed by atoms with van der Waals surface area (Å²) in [6.45, 7) is 10.7. The molecule has 0 spiro atoms. The Hall–Kier alpha value is -1.55. The van der Waals surface area contributed by atoms with Gasteiger partial charge in [0.15, 0.2) is 0 Å². The van der Waals surface area contributed by atoms with E-state index in [1.807, 2.05) is 0 Å². The fourth-order valence-electron chi connectivity index (χ4n) is 2.93. The van der Waals surface area contributed by atoms with Crippen molar-refractivity contribution in [3.63, 3.8) is 0 Å². The second-order valence-electron chi connectivity index (χ2n) is 5.90. The number of nitrogens with two attached hydrogens (primary N) is 1. The summed E-state index contributed by atoms with van der Waals surface area (Å²) in [5, 5.41) is 0. The fourth-order valence-corrected chi connectivity index (χ4v) is 2.93. The first-order valence-corrected chi connectivity index (χ1v) is 7.34. The quantitative estimate of drug-likeness (QED) is 0.910. The van der Waals surface area contributed by atoms with E-state index in [-0.39, 0.29) is 5.91 Å². The first kappa shape index (κ1) is 14.9. The number of hydrogen-bond acceptors (Lipinski definition) is 3. The molecule has 1 heterocycles. The molecular weight excluding hydrogens is 250 g/mol. The average Bonchev–Trinajstić information content (AvgIpc) is 2.39. The molecule has 110 valence electrons. The van der Waals surface area contributed by atoms with Gasteiger partial charge in [0, 0.05) is 31.9 Å². The lowest BCUT2D eigenvalue weighted by atomic mass is 9.97. The highest BCUT2D eigenvalue weighted by Gasteiger charge is 2.21. The van der Waals surface area contributed by atoms with E-state index in [1.165, 1.54) is 16.8 Å². The van der Waals surface area contributed by atoms with Crippen LogP contribution in [0.1, 0.15) is 30.9 Å². The highest BCUT2D eigenvalue weighted by molar-refractivity contribution is 5.76. The van der Waals surface area contributed by atoms with Crippen LogP contribution in [0.2, 0.25) is 0 Å². The molecule has 20 heavy (non-hydrogen) atoms. The first-order valence-electron chi connectivity index (χ1n) is 7.34. The molecule has 4 nitrogen and oxygen atoms in total. The molecule has 1 fully saturated rings. The molecular formula is C16H25N3O. The predicted octanol–water partition coefficient (Wildman–Crippen LogP) is 1.73. The van der Waals surface area contributed by atoms with Crippen LogP contribution < -0.4 is 10.6 Å². The Morgan fingerprint density at radius 3 is 2.45 bits per heavy atom. The number of aryl methyl sites for hydroxylation is 1. The number of carbonyl (C=O) groups is 1. The molecule has 0 saturated carbocycles. The van der Waals surface area contributed by atoms with Crippen LogP contribution in [0, 0.1) is 6.92 Å². The maximum absolute atomic E-state index is 11.0. The van der Waals surface area contributed by atoms with Gasteiger partial charge in [0.05, 0.1) is 6.54 Å². The molecule has 4 heteroatoms. The van der Waals surface area contributed by atoms with Crippen molar-refractivity contribution in [2.24, 2.45) is 5.73 Å². The van der Waals surface area contributed by atoms with Crippen LogP contribution in [-0.2, 0) is 4.79 Å². The SMILES string of the molecule is Cc1cccc(C(C)C)c1N1CCN(CC(N)=O)CC1. The monoisotopic (exact) mass is 275 g/mol. The van der Waals surface area contributed by atoms with Gasteiger partial charge >= 0.3 is 0 Å². The van der Waals surface area contributed by atoms with Gasteiger partial charge in [-0.3, -0.25) is 9.69 Å². The third kappa shape index (κ3) is 3.31. The normalized spacial score (nSPS) is 16.7. The van der Waals surface area contributed by atoms with Gasteiger partial charge in [-0.15, -0.1) is 0 Å². The number of piperazine rings is 1. The van der Waals surface area contributed by atoms with Crippen LogP contribution in [0.4, 0.5) is 5.69 Å². The van der Waals surface area contributed by atoms with Crippen LogP contribution in [0.15, 0.2) is 18.2 Å². The van der Waals surface area contributed by atoms with Gasteiger partial charge < -0.3 is 10.6 Å². The minimum Gasteiger partial charge on any atom is -0.369 e. The number of carbonyl (C=O) groups excluding carboxylic acids is 1. The number of anilines is 1. The standard InChI is InChI=1S/C16H25N3O/c1-12(2)14-6-4-5-13(3)16(14)19-9-7-18(8-10-19)11-15(17)20/h4-6,12H,7-11H2,1-3H3,(H2,17,20). The van der Waals surface area contributed by atoms with E-state index in [2.05, 4.69) is 48.8 Å². The molecule has 1 aromatic rings. The highest BCUT2D eigenvalue weighted by Crippen LogP contribution is 2.31. The van der Waals surface area contributed by atoms with Gasteiger partial charge in [0.25, 0.3) is 0 Å². The van der Waals surface area contributed by atoms with Crippen LogP contribution in [-0.4, -0.2) is 43.5 Å². The van der Waals surface area contributed by atoms with E-state index in [0.717, 1.165) is 26.2 Å². The zero-order valence-electron chi connectivity index (χ0n) is 12.7. The van der Waals surface area contributed by atoms with Gasteiger partial charge in [-0.2, -0.15) is 0 Å². The van der Waals surface area contributed by atoms with Crippen molar-refractivity contribution in [2.45, 2.75) is 26.7 Å². The highest BCUT2D eigenvalue weighted by atomic mass is 16.1. The second kappa shape index (κ2) is 6.27. The molecule has 0 aliphatic carbocycles. The summed E-state index contributed by atoms with van der Waals surface area (Å²) >= 11 is 0. The Kier molecular flexibility index (Phi) is 4.65. The number of rotatable bonds is 4. The van der Waals surface area contributed by atoms with E-state index in [1.54, 1.807) is 0 Å². The summed E-state index contributed by atoms with van der Waals surface area (Å²) in [6, 6.07) is 6.54. The minimum absolute atomic E-state index is 0.239. The number of para-hydroxylation sites is 1. The molecule has 0 radical (unpaired) electrons. The maximum Gasteiger partial charge on any atom is 0.231 e. The van der Waals surface area contributed by atoms with Crippen molar-refractivity contribution in [1.82, 2.24) is 4.90 Å². The molecule has 0 aromatic heterocycles. The number of hydrogen-bond donors (Lipinski definition) is 1. The third-order valence-electron chi connectivity index (χ3n) is 3.96. The molecule has 1 aliphatic rings. The topological polar surface area (TPSA) is 49.6 Å². The van der Waals surface area contributed by atoms with E-state index in [0.29, 0.717) is 12.5 Å². The lowest BCUT2D eigenvalue weighted by molar-refractivity contribution is -0.119. The average molecular weight is 275 g/mol. The maximum atomic E-state index is 11.0. The molecule has 1 amide bonds. The second-order valence-corrected chi connectivity index (χ2v) is 5.90.